The Morgan fingerprint density at radius 3 is 2.50 bits per heavy atom. The van der Waals surface area contributed by atoms with Gasteiger partial charge in [0.05, 0.1) is 11.0 Å². The summed E-state index contributed by atoms with van der Waals surface area (Å²) in [5.41, 5.74) is 0.672. The Bertz CT molecular complexity index is 634. The van der Waals surface area contributed by atoms with Gasteiger partial charge in [0.2, 0.25) is 5.95 Å². The van der Waals surface area contributed by atoms with E-state index in [1.807, 2.05) is 6.92 Å². The van der Waals surface area contributed by atoms with E-state index in [0.29, 0.717) is 10.0 Å². The first-order chi connectivity index (χ1) is 9.47. The number of hydrogen-bond acceptors (Lipinski definition) is 5. The van der Waals surface area contributed by atoms with Crippen LogP contribution >= 0.6 is 23.2 Å². The van der Waals surface area contributed by atoms with Gasteiger partial charge in [-0.2, -0.15) is 0 Å². The van der Waals surface area contributed by atoms with Gasteiger partial charge < -0.3 is 5.32 Å². The third-order valence-corrected chi connectivity index (χ3v) is 3.19. The Hall–Kier alpha value is -1.92. The molecule has 1 N–H and O–H groups in total. The highest BCUT2D eigenvalue weighted by Gasteiger charge is 2.12. The van der Waals surface area contributed by atoms with E-state index in [1.54, 1.807) is 18.2 Å². The lowest BCUT2D eigenvalue weighted by Crippen LogP contribution is -2.10. The summed E-state index contributed by atoms with van der Waals surface area (Å²) in [5.74, 6) is 0.286. The molecule has 20 heavy (non-hydrogen) atoms. The Kier molecular flexibility index (Phi) is 4.36. The fraction of sp³-hybridized carbons (Fsp3) is 0.167. The van der Waals surface area contributed by atoms with Crippen LogP contribution in [0.4, 0.5) is 11.6 Å². The number of halogens is 2. The number of anilines is 1. The first-order valence-electron chi connectivity index (χ1n) is 5.65. The van der Waals surface area contributed by atoms with Crippen LogP contribution in [0.5, 0.6) is 0 Å². The fourth-order valence-corrected chi connectivity index (χ4v) is 2.19. The quantitative estimate of drug-likeness (QED) is 0.684. The molecule has 0 amide bonds. The van der Waals surface area contributed by atoms with Crippen molar-refractivity contribution < 1.29 is 4.92 Å². The average molecular weight is 313 g/mol. The zero-order valence-electron chi connectivity index (χ0n) is 10.4. The highest BCUT2D eigenvalue weighted by molar-refractivity contribution is 6.35. The van der Waals surface area contributed by atoms with Crippen LogP contribution in [0.2, 0.25) is 10.0 Å². The molecule has 0 fully saturated rings. The van der Waals surface area contributed by atoms with Crippen molar-refractivity contribution >= 4 is 34.8 Å². The second-order valence-electron chi connectivity index (χ2n) is 4.05. The van der Waals surface area contributed by atoms with Crippen molar-refractivity contribution in [3.05, 3.63) is 56.3 Å². The number of rotatable bonds is 4. The van der Waals surface area contributed by atoms with E-state index in [9.17, 15) is 10.1 Å². The van der Waals surface area contributed by atoms with Crippen LogP contribution in [0.3, 0.4) is 0 Å². The predicted octanol–water partition coefficient (Wildman–Crippen LogP) is 3.86. The lowest BCUT2D eigenvalue weighted by molar-refractivity contribution is -0.385. The van der Waals surface area contributed by atoms with Gasteiger partial charge in [0.25, 0.3) is 0 Å². The van der Waals surface area contributed by atoms with E-state index in [-0.39, 0.29) is 17.7 Å². The van der Waals surface area contributed by atoms with Gasteiger partial charge in [-0.15, -0.1) is 0 Å². The van der Waals surface area contributed by atoms with Crippen LogP contribution in [0, 0.1) is 10.1 Å². The van der Waals surface area contributed by atoms with E-state index in [1.165, 1.54) is 0 Å². The second-order valence-corrected chi connectivity index (χ2v) is 4.90. The van der Waals surface area contributed by atoms with Gasteiger partial charge in [0.15, 0.2) is 0 Å². The molecule has 0 aliphatic carbocycles. The minimum atomic E-state index is -0.552. The summed E-state index contributed by atoms with van der Waals surface area (Å²) in [7, 11) is 0. The Morgan fingerprint density at radius 2 is 1.95 bits per heavy atom. The van der Waals surface area contributed by atoms with Crippen LogP contribution in [0.15, 0.2) is 30.6 Å². The zero-order chi connectivity index (χ0) is 14.7. The van der Waals surface area contributed by atoms with E-state index in [0.717, 1.165) is 18.0 Å². The second kappa shape index (κ2) is 6.02. The van der Waals surface area contributed by atoms with Gasteiger partial charge in [-0.05, 0) is 24.6 Å². The molecule has 8 heteroatoms. The van der Waals surface area contributed by atoms with Crippen molar-refractivity contribution in [3.8, 4) is 0 Å². The van der Waals surface area contributed by atoms with E-state index in [4.69, 9.17) is 23.2 Å². The standard InChI is InChI=1S/C12H10Cl2N4O2/c1-7(10-3-2-8(13)4-11(10)14)17-12-15-5-9(6-16-12)18(19)20/h2-7H,1H3,(H,15,16,17)/t7-/m0/s1. The SMILES string of the molecule is C[C@H](Nc1ncc([N+](=O)[O-])cn1)c1ccc(Cl)cc1Cl. The molecule has 0 radical (unpaired) electrons. The van der Waals surface area contributed by atoms with E-state index < -0.39 is 4.92 Å². The molecular weight excluding hydrogens is 303 g/mol. The minimum absolute atomic E-state index is 0.160. The number of nitrogens with one attached hydrogen (secondary N) is 1. The Balaban J connectivity index is 2.14. The molecule has 2 aromatic rings. The van der Waals surface area contributed by atoms with Gasteiger partial charge in [-0.3, -0.25) is 10.1 Å². The molecule has 2 rings (SSSR count). The molecule has 0 aliphatic heterocycles. The number of hydrogen-bond donors (Lipinski definition) is 1. The molecule has 0 unspecified atom stereocenters. The molecule has 0 spiro atoms. The third-order valence-electron chi connectivity index (χ3n) is 2.62. The molecule has 1 heterocycles. The minimum Gasteiger partial charge on any atom is -0.348 e. The third kappa shape index (κ3) is 3.34. The highest BCUT2D eigenvalue weighted by atomic mass is 35.5. The predicted molar refractivity (Wildman–Crippen MR) is 77.2 cm³/mol. The van der Waals surface area contributed by atoms with Crippen molar-refractivity contribution in [2.45, 2.75) is 13.0 Å². The van der Waals surface area contributed by atoms with Crippen molar-refractivity contribution in [1.82, 2.24) is 9.97 Å². The Morgan fingerprint density at radius 1 is 1.30 bits per heavy atom. The summed E-state index contributed by atoms with van der Waals surface area (Å²) in [6.45, 7) is 1.87. The van der Waals surface area contributed by atoms with Crippen molar-refractivity contribution in [2.24, 2.45) is 0 Å². The smallest absolute Gasteiger partial charge is 0.305 e. The summed E-state index contributed by atoms with van der Waals surface area (Å²) in [6.07, 6.45) is 2.29. The molecule has 1 aromatic heterocycles. The molecule has 0 saturated heterocycles. The molecule has 0 aliphatic rings. The summed E-state index contributed by atoms with van der Waals surface area (Å²) in [6, 6.07) is 5.01. The van der Waals surface area contributed by atoms with E-state index >= 15 is 0 Å². The van der Waals surface area contributed by atoms with Crippen molar-refractivity contribution in [3.63, 3.8) is 0 Å². The fourth-order valence-electron chi connectivity index (χ4n) is 1.61. The average Bonchev–Trinajstić information content (AvgIpc) is 2.39. The molecule has 1 aromatic carbocycles. The van der Waals surface area contributed by atoms with Crippen LogP contribution in [0.25, 0.3) is 0 Å². The molecule has 6 nitrogen and oxygen atoms in total. The van der Waals surface area contributed by atoms with Crippen LogP contribution < -0.4 is 5.32 Å². The van der Waals surface area contributed by atoms with Crippen molar-refractivity contribution in [2.75, 3.05) is 5.32 Å². The monoisotopic (exact) mass is 312 g/mol. The van der Waals surface area contributed by atoms with Crippen LogP contribution in [-0.4, -0.2) is 14.9 Å². The molecule has 0 bridgehead atoms. The first-order valence-corrected chi connectivity index (χ1v) is 6.41. The molecule has 104 valence electrons. The lowest BCUT2D eigenvalue weighted by atomic mass is 10.1. The molecular formula is C12H10Cl2N4O2. The number of nitrogens with zero attached hydrogens (tertiary/aromatic N) is 3. The molecule has 0 saturated carbocycles. The lowest BCUT2D eigenvalue weighted by Gasteiger charge is -2.15. The first kappa shape index (κ1) is 14.5. The summed E-state index contributed by atoms with van der Waals surface area (Å²) in [5, 5.41) is 14.6. The van der Waals surface area contributed by atoms with Gasteiger partial charge >= 0.3 is 5.69 Å². The van der Waals surface area contributed by atoms with Gasteiger partial charge in [-0.25, -0.2) is 9.97 Å². The Labute approximate surface area is 124 Å². The zero-order valence-corrected chi connectivity index (χ0v) is 11.9. The largest absolute Gasteiger partial charge is 0.348 e. The van der Waals surface area contributed by atoms with Gasteiger partial charge in [0.1, 0.15) is 12.4 Å². The number of aromatic nitrogens is 2. The van der Waals surface area contributed by atoms with E-state index in [2.05, 4.69) is 15.3 Å². The maximum atomic E-state index is 10.5. The maximum Gasteiger partial charge on any atom is 0.305 e. The van der Waals surface area contributed by atoms with Crippen LogP contribution in [0.1, 0.15) is 18.5 Å². The van der Waals surface area contributed by atoms with Gasteiger partial charge in [-0.1, -0.05) is 29.3 Å². The maximum absolute atomic E-state index is 10.5. The van der Waals surface area contributed by atoms with Crippen molar-refractivity contribution in [1.29, 1.82) is 0 Å². The van der Waals surface area contributed by atoms with Crippen LogP contribution in [-0.2, 0) is 0 Å². The summed E-state index contributed by atoms with van der Waals surface area (Å²) in [4.78, 5) is 17.7. The normalized spacial score (nSPS) is 11.9. The number of benzene rings is 1. The molecule has 1 atom stereocenters. The summed E-state index contributed by atoms with van der Waals surface area (Å²) < 4.78 is 0. The highest BCUT2D eigenvalue weighted by Crippen LogP contribution is 2.27. The summed E-state index contributed by atoms with van der Waals surface area (Å²) >= 11 is 11.9. The van der Waals surface area contributed by atoms with Gasteiger partial charge in [0, 0.05) is 10.0 Å². The topological polar surface area (TPSA) is 81.0 Å². The number of nitro groups is 1.